The van der Waals surface area contributed by atoms with Crippen LogP contribution >= 0.6 is 11.3 Å². The average Bonchev–Trinajstić information content (AvgIpc) is 3.06. The summed E-state index contributed by atoms with van der Waals surface area (Å²) in [4.78, 5) is 13.6. The van der Waals surface area contributed by atoms with E-state index >= 15 is 0 Å². The fourth-order valence-electron chi connectivity index (χ4n) is 3.08. The van der Waals surface area contributed by atoms with Crippen molar-refractivity contribution >= 4 is 28.0 Å². The first-order valence-electron chi connectivity index (χ1n) is 8.23. The molecule has 24 heavy (non-hydrogen) atoms. The van der Waals surface area contributed by atoms with Crippen molar-refractivity contribution in [3.8, 4) is 0 Å². The van der Waals surface area contributed by atoms with Gasteiger partial charge in [0.1, 0.15) is 6.54 Å². The maximum absolute atomic E-state index is 12.4. The van der Waals surface area contributed by atoms with Gasteiger partial charge < -0.3 is 10.2 Å². The van der Waals surface area contributed by atoms with Crippen LogP contribution in [0.1, 0.15) is 24.1 Å². The summed E-state index contributed by atoms with van der Waals surface area (Å²) in [6.45, 7) is 3.40. The van der Waals surface area contributed by atoms with Gasteiger partial charge in [0.2, 0.25) is 0 Å². The van der Waals surface area contributed by atoms with Crippen LogP contribution in [0.2, 0.25) is 0 Å². The van der Waals surface area contributed by atoms with E-state index in [0.29, 0.717) is 6.54 Å². The third-order valence-electron chi connectivity index (χ3n) is 4.22. The lowest BCUT2D eigenvalue weighted by molar-refractivity contribution is -0.885. The number of amides is 1. The number of nitrogens with one attached hydrogen (secondary N) is 2. The molecule has 0 aliphatic carbocycles. The Balaban J connectivity index is 1.63. The van der Waals surface area contributed by atoms with Gasteiger partial charge in [-0.05, 0) is 40.1 Å². The molecule has 1 amide bonds. The molecule has 3 rings (SSSR count). The van der Waals surface area contributed by atoms with Crippen LogP contribution in [0, 0.1) is 0 Å². The van der Waals surface area contributed by atoms with Gasteiger partial charge in [-0.2, -0.15) is 11.3 Å². The highest BCUT2D eigenvalue weighted by Crippen LogP contribution is 2.23. The number of carbonyl (C=O) groups excluding carboxylic acids is 1. The number of carbonyl (C=O) groups is 1. The van der Waals surface area contributed by atoms with E-state index in [4.69, 9.17) is 0 Å². The number of benzene rings is 2. The quantitative estimate of drug-likeness (QED) is 0.711. The molecule has 1 aromatic heterocycles. The Labute approximate surface area is 146 Å². The Bertz CT molecular complexity index is 808. The summed E-state index contributed by atoms with van der Waals surface area (Å²) in [7, 11) is 2.06. The van der Waals surface area contributed by atoms with Crippen molar-refractivity contribution < 1.29 is 9.69 Å². The zero-order valence-corrected chi connectivity index (χ0v) is 14.9. The molecule has 0 saturated carbocycles. The van der Waals surface area contributed by atoms with E-state index in [1.807, 2.05) is 25.1 Å². The molecule has 0 radical (unpaired) electrons. The second-order valence-electron chi connectivity index (χ2n) is 6.30. The van der Waals surface area contributed by atoms with Gasteiger partial charge in [0, 0.05) is 5.56 Å². The summed E-state index contributed by atoms with van der Waals surface area (Å²) in [5, 5.41) is 9.76. The summed E-state index contributed by atoms with van der Waals surface area (Å²) in [5.41, 5.74) is 2.45. The summed E-state index contributed by atoms with van der Waals surface area (Å²) < 4.78 is 0. The van der Waals surface area contributed by atoms with Gasteiger partial charge in [-0.3, -0.25) is 4.79 Å². The molecule has 1 unspecified atom stereocenters. The Morgan fingerprint density at radius 2 is 1.96 bits per heavy atom. The molecule has 2 aromatic carbocycles. The van der Waals surface area contributed by atoms with Gasteiger partial charge >= 0.3 is 0 Å². The normalized spacial score (nSPS) is 13.6. The maximum Gasteiger partial charge on any atom is 0.275 e. The van der Waals surface area contributed by atoms with E-state index in [1.165, 1.54) is 21.2 Å². The topological polar surface area (TPSA) is 33.5 Å². The molecule has 1 heterocycles. The van der Waals surface area contributed by atoms with Crippen molar-refractivity contribution in [2.24, 2.45) is 0 Å². The van der Waals surface area contributed by atoms with Gasteiger partial charge in [0.05, 0.1) is 13.1 Å². The molecule has 3 nitrogen and oxygen atoms in total. The molecule has 0 aliphatic rings. The van der Waals surface area contributed by atoms with Gasteiger partial charge in [-0.1, -0.05) is 42.5 Å². The van der Waals surface area contributed by atoms with Crippen molar-refractivity contribution in [1.82, 2.24) is 5.32 Å². The first-order chi connectivity index (χ1) is 11.6. The van der Waals surface area contributed by atoms with E-state index in [9.17, 15) is 4.79 Å². The van der Waals surface area contributed by atoms with Gasteiger partial charge in [0.15, 0.2) is 6.54 Å². The molecule has 2 atom stereocenters. The highest BCUT2D eigenvalue weighted by molar-refractivity contribution is 7.07. The van der Waals surface area contributed by atoms with Crippen LogP contribution in [0.15, 0.2) is 59.3 Å². The molecular formula is C20H23N2OS+. The average molecular weight is 339 g/mol. The fourth-order valence-corrected chi connectivity index (χ4v) is 3.75. The molecule has 4 heteroatoms. The van der Waals surface area contributed by atoms with Crippen molar-refractivity contribution in [1.29, 1.82) is 0 Å². The Morgan fingerprint density at radius 1 is 1.17 bits per heavy atom. The predicted molar refractivity (Wildman–Crippen MR) is 100 cm³/mol. The highest BCUT2D eigenvalue weighted by atomic mass is 32.1. The number of hydrogen-bond acceptors (Lipinski definition) is 2. The standard InChI is InChI=1S/C20H22N2OS/c1-15(18-9-5-7-17-6-3-4-8-19(17)18)21-20(23)13-22(2)12-16-10-11-24-14-16/h3-11,14-15H,12-13H2,1-2H3,(H,21,23)/p+1/t15-/m0/s1. The lowest BCUT2D eigenvalue weighted by atomic mass is 10.00. The molecule has 2 N–H and O–H groups in total. The summed E-state index contributed by atoms with van der Waals surface area (Å²) in [6, 6.07) is 16.7. The van der Waals surface area contributed by atoms with Crippen molar-refractivity contribution in [3.05, 3.63) is 70.4 Å². The fraction of sp³-hybridized carbons (Fsp3) is 0.250. The lowest BCUT2D eigenvalue weighted by Gasteiger charge is -2.18. The van der Waals surface area contributed by atoms with E-state index in [2.05, 4.69) is 53.5 Å². The number of hydrogen-bond donors (Lipinski definition) is 2. The first kappa shape index (κ1) is 16.7. The molecule has 0 spiro atoms. The van der Waals surface area contributed by atoms with Crippen molar-refractivity contribution in [2.75, 3.05) is 13.6 Å². The van der Waals surface area contributed by atoms with E-state index in [1.54, 1.807) is 11.3 Å². The van der Waals surface area contributed by atoms with Crippen LogP contribution in [0.5, 0.6) is 0 Å². The highest BCUT2D eigenvalue weighted by Gasteiger charge is 2.15. The SMILES string of the molecule is C[C@H](NC(=O)C[NH+](C)Cc1ccsc1)c1cccc2ccccc12. The molecule has 0 fully saturated rings. The number of fused-ring (bicyclic) bond motifs is 1. The minimum Gasteiger partial charge on any atom is -0.345 e. The first-order valence-corrected chi connectivity index (χ1v) is 9.17. The van der Waals surface area contributed by atoms with Gasteiger partial charge in [-0.25, -0.2) is 0 Å². The van der Waals surface area contributed by atoms with Crippen LogP contribution in [-0.4, -0.2) is 19.5 Å². The van der Waals surface area contributed by atoms with E-state index < -0.39 is 0 Å². The van der Waals surface area contributed by atoms with Crippen molar-refractivity contribution in [3.63, 3.8) is 0 Å². The third-order valence-corrected chi connectivity index (χ3v) is 4.95. The monoisotopic (exact) mass is 339 g/mol. The van der Waals surface area contributed by atoms with Gasteiger partial charge in [-0.15, -0.1) is 0 Å². The summed E-state index contributed by atoms with van der Waals surface area (Å²) in [6.07, 6.45) is 0. The Kier molecular flexibility index (Phi) is 5.28. The summed E-state index contributed by atoms with van der Waals surface area (Å²) in [5.74, 6) is 0.0863. The van der Waals surface area contributed by atoms with E-state index in [0.717, 1.165) is 12.1 Å². The molecular weight excluding hydrogens is 316 g/mol. The molecule has 0 saturated heterocycles. The number of quaternary nitrogens is 1. The number of likely N-dealkylation sites (N-methyl/N-ethyl adjacent to an activating group) is 1. The molecule has 3 aromatic rings. The van der Waals surface area contributed by atoms with Crippen LogP contribution in [0.25, 0.3) is 10.8 Å². The zero-order valence-electron chi connectivity index (χ0n) is 14.1. The largest absolute Gasteiger partial charge is 0.345 e. The van der Waals surface area contributed by atoms with E-state index in [-0.39, 0.29) is 11.9 Å². The minimum absolute atomic E-state index is 0.00227. The van der Waals surface area contributed by atoms with Crippen LogP contribution in [0.3, 0.4) is 0 Å². The number of rotatable bonds is 6. The Hall–Kier alpha value is -2.17. The Morgan fingerprint density at radius 3 is 2.75 bits per heavy atom. The minimum atomic E-state index is -0.00227. The smallest absolute Gasteiger partial charge is 0.275 e. The second kappa shape index (κ2) is 7.60. The molecule has 0 bridgehead atoms. The van der Waals surface area contributed by atoms with Crippen LogP contribution < -0.4 is 10.2 Å². The summed E-state index contributed by atoms with van der Waals surface area (Å²) >= 11 is 1.70. The number of thiophene rings is 1. The van der Waals surface area contributed by atoms with Crippen LogP contribution in [0.4, 0.5) is 0 Å². The van der Waals surface area contributed by atoms with Crippen LogP contribution in [-0.2, 0) is 11.3 Å². The predicted octanol–water partition coefficient (Wildman–Crippen LogP) is 2.79. The molecule has 124 valence electrons. The maximum atomic E-state index is 12.4. The third kappa shape index (κ3) is 4.02. The second-order valence-corrected chi connectivity index (χ2v) is 7.08. The molecule has 0 aliphatic heterocycles. The van der Waals surface area contributed by atoms with Crippen molar-refractivity contribution in [2.45, 2.75) is 19.5 Å². The van der Waals surface area contributed by atoms with Gasteiger partial charge in [0.25, 0.3) is 5.91 Å². The lowest BCUT2D eigenvalue weighted by Crippen LogP contribution is -3.08. The zero-order chi connectivity index (χ0) is 16.9.